The number of hydrogen-bond acceptors (Lipinski definition) is 4. The summed E-state index contributed by atoms with van der Waals surface area (Å²) in [7, 11) is 0. The number of nitrogens with zero attached hydrogens (tertiary/aromatic N) is 2. The number of thioether (sulfide) groups is 1. The van der Waals surface area contributed by atoms with E-state index in [0.29, 0.717) is 0 Å². The van der Waals surface area contributed by atoms with E-state index in [2.05, 4.69) is 0 Å². The quantitative estimate of drug-likeness (QED) is 0.773. The molecule has 0 saturated carbocycles. The summed E-state index contributed by atoms with van der Waals surface area (Å²) in [6.07, 6.45) is -2.73. The highest BCUT2D eigenvalue weighted by Gasteiger charge is 2.41. The largest absolute Gasteiger partial charge is 0.480 e. The number of rotatable bonds is 5. The van der Waals surface area contributed by atoms with Gasteiger partial charge < -0.3 is 15.1 Å². The van der Waals surface area contributed by atoms with E-state index in [-0.39, 0.29) is 12.3 Å². The molecule has 6 nitrogen and oxygen atoms in total. The van der Waals surface area contributed by atoms with Crippen LogP contribution in [0.1, 0.15) is 6.92 Å². The van der Waals surface area contributed by atoms with Crippen molar-refractivity contribution in [1.82, 2.24) is 9.80 Å². The highest BCUT2D eigenvalue weighted by Crippen LogP contribution is 2.29. The molecule has 1 heterocycles. The number of aliphatic hydroxyl groups is 1. The van der Waals surface area contributed by atoms with Crippen molar-refractivity contribution in [1.29, 1.82) is 0 Å². The van der Waals surface area contributed by atoms with Gasteiger partial charge in [0.1, 0.15) is 6.04 Å². The maximum Gasteiger partial charge on any atom is 0.327 e. The lowest BCUT2D eigenvalue weighted by molar-refractivity contribution is -0.141. The van der Waals surface area contributed by atoms with E-state index in [1.807, 2.05) is 0 Å². The van der Waals surface area contributed by atoms with Crippen molar-refractivity contribution in [3.8, 4) is 0 Å². The molecule has 19 heavy (non-hydrogen) atoms. The fourth-order valence-corrected chi connectivity index (χ4v) is 3.00. The highest BCUT2D eigenvalue weighted by atomic mass is 32.2. The molecule has 1 aliphatic rings. The fourth-order valence-electron chi connectivity index (χ4n) is 1.84. The summed E-state index contributed by atoms with van der Waals surface area (Å²) in [6, 6.07) is -1.80. The Balaban J connectivity index is 2.84. The van der Waals surface area contributed by atoms with Crippen LogP contribution in [0.15, 0.2) is 0 Å². The molecule has 0 bridgehead atoms. The molecule has 0 aliphatic carbocycles. The Morgan fingerprint density at radius 2 is 2.16 bits per heavy atom. The van der Waals surface area contributed by atoms with E-state index in [4.69, 9.17) is 10.2 Å². The van der Waals surface area contributed by atoms with Crippen LogP contribution in [0.5, 0.6) is 0 Å². The number of aliphatic hydroxyl groups excluding tert-OH is 1. The number of halogens is 2. The van der Waals surface area contributed by atoms with Crippen molar-refractivity contribution in [2.24, 2.45) is 0 Å². The lowest BCUT2D eigenvalue weighted by Gasteiger charge is -2.31. The van der Waals surface area contributed by atoms with Gasteiger partial charge in [0.2, 0.25) is 0 Å². The minimum atomic E-state index is -2.73. The summed E-state index contributed by atoms with van der Waals surface area (Å²) >= 11 is 1.27. The molecule has 1 aliphatic heterocycles. The molecule has 2 unspecified atom stereocenters. The number of aliphatic carboxylic acids is 1. The maximum absolute atomic E-state index is 12.4. The van der Waals surface area contributed by atoms with Crippen LogP contribution in [-0.2, 0) is 4.79 Å². The molecule has 0 spiro atoms. The highest BCUT2D eigenvalue weighted by molar-refractivity contribution is 8.00. The van der Waals surface area contributed by atoms with Gasteiger partial charge in [0, 0.05) is 12.3 Å². The van der Waals surface area contributed by atoms with Crippen molar-refractivity contribution in [3.05, 3.63) is 0 Å². The lowest BCUT2D eigenvalue weighted by atomic mass is 10.3. The Morgan fingerprint density at radius 3 is 2.63 bits per heavy atom. The Labute approximate surface area is 113 Å². The second kappa shape index (κ2) is 6.90. The molecule has 0 aromatic rings. The summed E-state index contributed by atoms with van der Waals surface area (Å²) in [5, 5.41) is 17.4. The number of carbonyl (C=O) groups excluding carboxylic acids is 1. The van der Waals surface area contributed by atoms with Crippen LogP contribution in [0, 0.1) is 0 Å². The summed E-state index contributed by atoms with van der Waals surface area (Å²) in [4.78, 5) is 25.0. The molecule has 0 aromatic carbocycles. The van der Waals surface area contributed by atoms with E-state index < -0.39 is 43.0 Å². The predicted molar refractivity (Wildman–Crippen MR) is 65.2 cm³/mol. The van der Waals surface area contributed by atoms with E-state index in [0.717, 1.165) is 9.80 Å². The molecule has 2 atom stereocenters. The number of carbonyl (C=O) groups is 2. The first-order chi connectivity index (χ1) is 8.88. The van der Waals surface area contributed by atoms with Crippen LogP contribution >= 0.6 is 11.8 Å². The number of carboxylic acid groups (broad SMARTS) is 1. The van der Waals surface area contributed by atoms with Crippen molar-refractivity contribution in [3.63, 3.8) is 0 Å². The summed E-state index contributed by atoms with van der Waals surface area (Å²) in [5.74, 6) is -0.935. The molecule has 9 heteroatoms. The molecule has 0 aromatic heterocycles. The summed E-state index contributed by atoms with van der Waals surface area (Å²) in [6.45, 7) is 0.125. The summed E-state index contributed by atoms with van der Waals surface area (Å²) < 4.78 is 24.8. The van der Waals surface area contributed by atoms with Gasteiger partial charge in [-0.3, -0.25) is 4.90 Å². The van der Waals surface area contributed by atoms with Crippen LogP contribution in [0.4, 0.5) is 13.6 Å². The van der Waals surface area contributed by atoms with E-state index in [1.165, 1.54) is 11.8 Å². The number of alkyl halides is 2. The first-order valence-corrected chi connectivity index (χ1v) is 6.74. The average molecular weight is 298 g/mol. The third kappa shape index (κ3) is 3.93. The van der Waals surface area contributed by atoms with Gasteiger partial charge in [-0.1, -0.05) is 0 Å². The Bertz CT molecular complexity index is 345. The fraction of sp³-hybridized carbons (Fsp3) is 0.800. The summed E-state index contributed by atoms with van der Waals surface area (Å²) in [5.41, 5.74) is 0. The average Bonchev–Trinajstić information content (AvgIpc) is 2.69. The predicted octanol–water partition coefficient (Wildman–Crippen LogP) is 0.514. The van der Waals surface area contributed by atoms with Crippen molar-refractivity contribution >= 4 is 23.8 Å². The zero-order valence-corrected chi connectivity index (χ0v) is 11.1. The zero-order valence-electron chi connectivity index (χ0n) is 10.3. The van der Waals surface area contributed by atoms with Crippen molar-refractivity contribution in [2.45, 2.75) is 24.8 Å². The normalized spacial score (nSPS) is 22.9. The van der Waals surface area contributed by atoms with Crippen molar-refractivity contribution < 1.29 is 28.6 Å². The maximum atomic E-state index is 12.4. The lowest BCUT2D eigenvalue weighted by Crippen LogP contribution is -2.52. The molecule has 2 amide bonds. The number of carboxylic acids is 1. The topological polar surface area (TPSA) is 81.1 Å². The van der Waals surface area contributed by atoms with Crippen molar-refractivity contribution in [2.75, 3.05) is 25.4 Å². The SMILES string of the molecule is CC1SCC(C(=O)O)N1C(=O)N(CCO)CC(F)F. The van der Waals surface area contributed by atoms with Crippen LogP contribution in [-0.4, -0.2) is 75.3 Å². The first-order valence-electron chi connectivity index (χ1n) is 5.69. The Hall–Kier alpha value is -1.09. The monoisotopic (exact) mass is 298 g/mol. The molecule has 0 radical (unpaired) electrons. The third-order valence-electron chi connectivity index (χ3n) is 2.73. The van der Waals surface area contributed by atoms with E-state index in [9.17, 15) is 18.4 Å². The van der Waals surface area contributed by atoms with Gasteiger partial charge in [-0.25, -0.2) is 18.4 Å². The standard InChI is InChI=1S/C10H16F2N2O4S/c1-6-14(7(5-19-6)9(16)17)10(18)13(2-3-15)4-8(11)12/h6-8,15H,2-5H2,1H3,(H,16,17). The number of amides is 2. The molecular formula is C10H16F2N2O4S. The van der Waals surface area contributed by atoms with Gasteiger partial charge in [0.15, 0.2) is 0 Å². The van der Waals surface area contributed by atoms with Crippen LogP contribution < -0.4 is 0 Å². The van der Waals surface area contributed by atoms with Gasteiger partial charge >= 0.3 is 12.0 Å². The molecule has 1 fully saturated rings. The second-order valence-electron chi connectivity index (χ2n) is 4.04. The number of hydrogen-bond donors (Lipinski definition) is 2. The third-order valence-corrected chi connectivity index (χ3v) is 3.95. The van der Waals surface area contributed by atoms with Gasteiger partial charge in [0.05, 0.1) is 18.5 Å². The zero-order chi connectivity index (χ0) is 14.6. The van der Waals surface area contributed by atoms with Crippen LogP contribution in [0.3, 0.4) is 0 Å². The van der Waals surface area contributed by atoms with E-state index in [1.54, 1.807) is 6.92 Å². The Kier molecular flexibility index (Phi) is 5.80. The minimum Gasteiger partial charge on any atom is -0.480 e. The molecular weight excluding hydrogens is 282 g/mol. The van der Waals surface area contributed by atoms with E-state index >= 15 is 0 Å². The smallest absolute Gasteiger partial charge is 0.327 e. The van der Waals surface area contributed by atoms with Crippen LogP contribution in [0.25, 0.3) is 0 Å². The molecule has 2 N–H and O–H groups in total. The van der Waals surface area contributed by atoms with Gasteiger partial charge in [0.25, 0.3) is 6.43 Å². The first kappa shape index (κ1) is 16.0. The van der Waals surface area contributed by atoms with Gasteiger partial charge in [-0.05, 0) is 6.92 Å². The Morgan fingerprint density at radius 1 is 1.53 bits per heavy atom. The second-order valence-corrected chi connectivity index (χ2v) is 5.39. The van der Waals surface area contributed by atoms with Gasteiger partial charge in [-0.15, -0.1) is 11.8 Å². The minimum absolute atomic E-state index is 0.226. The molecule has 1 rings (SSSR count). The number of urea groups is 1. The molecule has 110 valence electrons. The molecule has 1 saturated heterocycles. The van der Waals surface area contributed by atoms with Gasteiger partial charge in [-0.2, -0.15) is 0 Å². The van der Waals surface area contributed by atoms with Crippen LogP contribution in [0.2, 0.25) is 0 Å².